The third-order valence-corrected chi connectivity index (χ3v) is 4.68. The highest BCUT2D eigenvalue weighted by molar-refractivity contribution is 5.27. The summed E-state index contributed by atoms with van der Waals surface area (Å²) in [5, 5.41) is 13.7. The summed E-state index contributed by atoms with van der Waals surface area (Å²) < 4.78 is 5.75. The third-order valence-electron chi connectivity index (χ3n) is 4.68. The summed E-state index contributed by atoms with van der Waals surface area (Å²) in [6, 6.07) is 28.7. The van der Waals surface area contributed by atoms with E-state index in [9.17, 15) is 5.11 Å². The highest BCUT2D eigenvalue weighted by Crippen LogP contribution is 2.13. The second kappa shape index (κ2) is 11.4. The maximum Gasteiger partial charge on any atom is 0.119 e. The van der Waals surface area contributed by atoms with Gasteiger partial charge in [0.15, 0.2) is 0 Å². The Bertz CT molecular complexity index is 822. The number of benzene rings is 3. The first-order chi connectivity index (χ1) is 14.2. The predicted octanol–water partition coefficient (Wildman–Crippen LogP) is 3.85. The van der Waals surface area contributed by atoms with Crippen LogP contribution in [-0.2, 0) is 19.6 Å². The summed E-state index contributed by atoms with van der Waals surface area (Å²) in [4.78, 5) is 2.10. The number of hydrogen-bond acceptors (Lipinski definition) is 4. The first-order valence-corrected chi connectivity index (χ1v) is 10.1. The quantitative estimate of drug-likeness (QED) is 0.522. The molecule has 152 valence electrons. The second-order valence-corrected chi connectivity index (χ2v) is 7.38. The van der Waals surface area contributed by atoms with Gasteiger partial charge >= 0.3 is 0 Å². The summed E-state index contributed by atoms with van der Waals surface area (Å²) in [7, 11) is 2.01. The van der Waals surface area contributed by atoms with Gasteiger partial charge in [-0.15, -0.1) is 0 Å². The molecule has 0 saturated heterocycles. The molecule has 0 spiro atoms. The maximum absolute atomic E-state index is 10.3. The molecule has 0 amide bonds. The number of rotatable bonds is 11. The smallest absolute Gasteiger partial charge is 0.119 e. The number of hydrogen-bond donors (Lipinski definition) is 2. The van der Waals surface area contributed by atoms with Crippen LogP contribution in [0.25, 0.3) is 0 Å². The van der Waals surface area contributed by atoms with Gasteiger partial charge < -0.3 is 15.2 Å². The molecule has 1 atom stereocenters. The molecule has 0 bridgehead atoms. The summed E-state index contributed by atoms with van der Waals surface area (Å²) in [6.45, 7) is 3.31. The van der Waals surface area contributed by atoms with Crippen molar-refractivity contribution in [2.45, 2.75) is 25.7 Å². The average molecular weight is 391 g/mol. The van der Waals surface area contributed by atoms with Crippen molar-refractivity contribution in [1.82, 2.24) is 10.2 Å². The van der Waals surface area contributed by atoms with Crippen LogP contribution in [0.5, 0.6) is 5.75 Å². The van der Waals surface area contributed by atoms with Crippen LogP contribution in [0.2, 0.25) is 0 Å². The molecule has 2 N–H and O–H groups in total. The molecular weight excluding hydrogens is 360 g/mol. The van der Waals surface area contributed by atoms with Crippen LogP contribution in [0.4, 0.5) is 0 Å². The summed E-state index contributed by atoms with van der Waals surface area (Å²) in [5.41, 5.74) is 3.72. The number of ether oxygens (including phenoxy) is 1. The van der Waals surface area contributed by atoms with Crippen molar-refractivity contribution >= 4 is 0 Å². The Hall–Kier alpha value is -2.66. The summed E-state index contributed by atoms with van der Waals surface area (Å²) in [6.07, 6.45) is -0.532. The van der Waals surface area contributed by atoms with E-state index in [0.29, 0.717) is 6.54 Å². The van der Waals surface area contributed by atoms with Crippen molar-refractivity contribution in [3.63, 3.8) is 0 Å². The molecule has 4 nitrogen and oxygen atoms in total. The van der Waals surface area contributed by atoms with E-state index in [-0.39, 0.29) is 6.61 Å². The predicted molar refractivity (Wildman–Crippen MR) is 118 cm³/mol. The molecule has 29 heavy (non-hydrogen) atoms. The van der Waals surface area contributed by atoms with E-state index in [1.165, 1.54) is 16.7 Å². The van der Waals surface area contributed by atoms with Crippen LogP contribution >= 0.6 is 0 Å². The molecule has 0 radical (unpaired) electrons. The first kappa shape index (κ1) is 21.1. The zero-order chi connectivity index (χ0) is 20.3. The Morgan fingerprint density at radius 3 is 1.97 bits per heavy atom. The molecule has 0 aromatic heterocycles. The zero-order valence-electron chi connectivity index (χ0n) is 17.0. The molecule has 0 heterocycles. The van der Waals surface area contributed by atoms with Crippen LogP contribution in [0.15, 0.2) is 84.9 Å². The van der Waals surface area contributed by atoms with Crippen molar-refractivity contribution < 1.29 is 9.84 Å². The van der Waals surface area contributed by atoms with Crippen LogP contribution in [0.1, 0.15) is 16.7 Å². The molecule has 3 aromatic carbocycles. The van der Waals surface area contributed by atoms with Gasteiger partial charge in [0.2, 0.25) is 0 Å². The fraction of sp³-hybridized carbons (Fsp3) is 0.280. The van der Waals surface area contributed by atoms with E-state index >= 15 is 0 Å². The summed E-state index contributed by atoms with van der Waals surface area (Å²) >= 11 is 0. The Morgan fingerprint density at radius 2 is 1.34 bits per heavy atom. The lowest BCUT2D eigenvalue weighted by Crippen LogP contribution is -2.32. The molecule has 3 rings (SSSR count). The van der Waals surface area contributed by atoms with Gasteiger partial charge in [0.05, 0.1) is 0 Å². The van der Waals surface area contributed by atoms with Gasteiger partial charge in [-0.25, -0.2) is 0 Å². The standard InChI is InChI=1S/C25H30N2O2/c1-27(18-23-10-6-3-7-11-23)19-24(28)20-29-25-14-12-22(13-15-25)17-26-16-21-8-4-2-5-9-21/h2-15,24,26,28H,16-20H2,1H3. The van der Waals surface area contributed by atoms with E-state index in [4.69, 9.17) is 4.74 Å². The lowest BCUT2D eigenvalue weighted by Gasteiger charge is -2.21. The molecule has 0 aliphatic carbocycles. The summed E-state index contributed by atoms with van der Waals surface area (Å²) in [5.74, 6) is 0.779. The molecular formula is C25H30N2O2. The SMILES string of the molecule is CN(Cc1ccccc1)CC(O)COc1ccc(CNCc2ccccc2)cc1. The topological polar surface area (TPSA) is 44.7 Å². The highest BCUT2D eigenvalue weighted by atomic mass is 16.5. The second-order valence-electron chi connectivity index (χ2n) is 7.38. The lowest BCUT2D eigenvalue weighted by molar-refractivity contribution is 0.0744. The van der Waals surface area contributed by atoms with Gasteiger partial charge in [-0.3, -0.25) is 4.90 Å². The molecule has 0 aliphatic heterocycles. The van der Waals surface area contributed by atoms with Gasteiger partial charge in [-0.1, -0.05) is 72.8 Å². The van der Waals surface area contributed by atoms with Crippen molar-refractivity contribution in [2.75, 3.05) is 20.2 Å². The Labute approximate surface area is 173 Å². The van der Waals surface area contributed by atoms with Crippen LogP contribution in [-0.4, -0.2) is 36.3 Å². The van der Waals surface area contributed by atoms with Crippen molar-refractivity contribution in [1.29, 1.82) is 0 Å². The highest BCUT2D eigenvalue weighted by Gasteiger charge is 2.10. The van der Waals surface area contributed by atoms with Gasteiger partial charge in [0.25, 0.3) is 0 Å². The van der Waals surface area contributed by atoms with Gasteiger partial charge in [-0.2, -0.15) is 0 Å². The van der Waals surface area contributed by atoms with E-state index in [1.807, 2.05) is 43.4 Å². The normalized spacial score (nSPS) is 12.1. The largest absolute Gasteiger partial charge is 0.491 e. The molecule has 0 saturated carbocycles. The first-order valence-electron chi connectivity index (χ1n) is 10.1. The van der Waals surface area contributed by atoms with Crippen molar-refractivity contribution in [3.05, 3.63) is 102 Å². The van der Waals surface area contributed by atoms with Crippen LogP contribution in [0.3, 0.4) is 0 Å². The maximum atomic E-state index is 10.3. The molecule has 0 aliphatic rings. The Morgan fingerprint density at radius 1 is 0.793 bits per heavy atom. The number of aliphatic hydroxyl groups excluding tert-OH is 1. The number of nitrogens with zero attached hydrogens (tertiary/aromatic N) is 1. The van der Waals surface area contributed by atoms with Crippen LogP contribution in [0, 0.1) is 0 Å². The minimum absolute atomic E-state index is 0.282. The van der Waals surface area contributed by atoms with Crippen LogP contribution < -0.4 is 10.1 Å². The van der Waals surface area contributed by atoms with E-state index < -0.39 is 6.10 Å². The van der Waals surface area contributed by atoms with Gasteiger partial charge in [0, 0.05) is 26.2 Å². The van der Waals surface area contributed by atoms with E-state index in [2.05, 4.69) is 58.7 Å². The number of nitrogens with one attached hydrogen (secondary N) is 1. The Kier molecular flexibility index (Phi) is 8.25. The van der Waals surface area contributed by atoms with Gasteiger partial charge in [0.1, 0.15) is 18.5 Å². The van der Waals surface area contributed by atoms with E-state index in [1.54, 1.807) is 0 Å². The lowest BCUT2D eigenvalue weighted by atomic mass is 10.2. The number of likely N-dealkylation sites (N-methyl/N-ethyl adjacent to an activating group) is 1. The van der Waals surface area contributed by atoms with Gasteiger partial charge in [-0.05, 0) is 35.9 Å². The minimum atomic E-state index is -0.532. The molecule has 1 unspecified atom stereocenters. The Balaban J connectivity index is 1.35. The fourth-order valence-electron chi connectivity index (χ4n) is 3.22. The molecule has 4 heteroatoms. The van der Waals surface area contributed by atoms with Crippen molar-refractivity contribution in [3.8, 4) is 5.75 Å². The number of aliphatic hydroxyl groups is 1. The zero-order valence-corrected chi connectivity index (χ0v) is 17.0. The van der Waals surface area contributed by atoms with E-state index in [0.717, 1.165) is 25.4 Å². The molecule has 3 aromatic rings. The average Bonchev–Trinajstić information content (AvgIpc) is 2.74. The monoisotopic (exact) mass is 390 g/mol. The fourth-order valence-corrected chi connectivity index (χ4v) is 3.22. The molecule has 0 fully saturated rings. The third kappa shape index (κ3) is 7.70. The van der Waals surface area contributed by atoms with Crippen molar-refractivity contribution in [2.24, 2.45) is 0 Å². The minimum Gasteiger partial charge on any atom is -0.491 e.